The Hall–Kier alpha value is -2.10. The number of anilines is 1. The van der Waals surface area contributed by atoms with Crippen LogP contribution in [0.3, 0.4) is 0 Å². The quantitative estimate of drug-likeness (QED) is 0.823. The number of nitrogen functional groups attached to an aromatic ring is 1. The molecule has 1 aromatic carbocycles. The standard InChI is InChI=1S/C13H14N2O2/c1-3-9-4-6-10(7-5-9)12-11(8(2)16)15-13(14)17-12/h4-7H,3H2,1-2H3,(H2,14,15). The summed E-state index contributed by atoms with van der Waals surface area (Å²) in [5, 5.41) is 0. The highest BCUT2D eigenvalue weighted by Crippen LogP contribution is 2.26. The lowest BCUT2D eigenvalue weighted by atomic mass is 10.1. The molecule has 17 heavy (non-hydrogen) atoms. The molecule has 88 valence electrons. The summed E-state index contributed by atoms with van der Waals surface area (Å²) in [7, 11) is 0. The second-order valence-corrected chi connectivity index (χ2v) is 3.84. The van der Waals surface area contributed by atoms with Gasteiger partial charge in [-0.25, -0.2) is 0 Å². The van der Waals surface area contributed by atoms with Gasteiger partial charge in [0, 0.05) is 12.5 Å². The van der Waals surface area contributed by atoms with Crippen molar-refractivity contribution in [2.45, 2.75) is 20.3 Å². The van der Waals surface area contributed by atoms with E-state index >= 15 is 0 Å². The van der Waals surface area contributed by atoms with Gasteiger partial charge in [0.1, 0.15) is 0 Å². The molecule has 1 aromatic heterocycles. The highest BCUT2D eigenvalue weighted by molar-refractivity contribution is 5.97. The van der Waals surface area contributed by atoms with Gasteiger partial charge in [-0.3, -0.25) is 4.79 Å². The second kappa shape index (κ2) is 4.41. The molecule has 1 heterocycles. The van der Waals surface area contributed by atoms with Crippen LogP contribution in [0.1, 0.15) is 29.9 Å². The van der Waals surface area contributed by atoms with E-state index in [9.17, 15) is 4.79 Å². The molecule has 0 saturated carbocycles. The molecule has 0 atom stereocenters. The van der Waals surface area contributed by atoms with Crippen LogP contribution >= 0.6 is 0 Å². The molecule has 0 radical (unpaired) electrons. The van der Waals surface area contributed by atoms with E-state index in [4.69, 9.17) is 10.2 Å². The number of oxazole rings is 1. The molecule has 0 amide bonds. The van der Waals surface area contributed by atoms with Gasteiger partial charge in [0.2, 0.25) is 0 Å². The molecule has 0 saturated heterocycles. The number of Topliss-reactive ketones (excluding diaryl/α,β-unsaturated/α-hetero) is 1. The van der Waals surface area contributed by atoms with Gasteiger partial charge in [-0.15, -0.1) is 0 Å². The maximum absolute atomic E-state index is 11.4. The average molecular weight is 230 g/mol. The van der Waals surface area contributed by atoms with Gasteiger partial charge in [-0.05, 0) is 12.0 Å². The number of carbonyl (C=O) groups is 1. The first-order valence-corrected chi connectivity index (χ1v) is 5.48. The largest absolute Gasteiger partial charge is 0.423 e. The first-order chi connectivity index (χ1) is 8.11. The Morgan fingerprint density at radius 1 is 1.35 bits per heavy atom. The predicted molar refractivity (Wildman–Crippen MR) is 65.7 cm³/mol. The maximum Gasteiger partial charge on any atom is 0.293 e. The molecule has 0 fully saturated rings. The van der Waals surface area contributed by atoms with Crippen LogP contribution in [0.4, 0.5) is 6.01 Å². The second-order valence-electron chi connectivity index (χ2n) is 3.84. The van der Waals surface area contributed by atoms with Crippen LogP contribution in [0.15, 0.2) is 28.7 Å². The van der Waals surface area contributed by atoms with E-state index in [-0.39, 0.29) is 17.5 Å². The summed E-state index contributed by atoms with van der Waals surface area (Å²) in [6, 6.07) is 7.83. The van der Waals surface area contributed by atoms with Crippen molar-refractivity contribution in [1.82, 2.24) is 4.98 Å². The van der Waals surface area contributed by atoms with E-state index in [0.717, 1.165) is 12.0 Å². The van der Waals surface area contributed by atoms with Gasteiger partial charge < -0.3 is 10.2 Å². The predicted octanol–water partition coefficient (Wildman–Crippen LogP) is 2.69. The number of hydrogen-bond acceptors (Lipinski definition) is 4. The zero-order chi connectivity index (χ0) is 12.4. The number of nitrogens with zero attached hydrogens (tertiary/aromatic N) is 1. The van der Waals surface area contributed by atoms with Crippen LogP contribution in [-0.4, -0.2) is 10.8 Å². The van der Waals surface area contributed by atoms with Gasteiger partial charge in [-0.1, -0.05) is 31.2 Å². The molecule has 0 bridgehead atoms. The van der Waals surface area contributed by atoms with Crippen molar-refractivity contribution >= 4 is 11.8 Å². The van der Waals surface area contributed by atoms with Crippen molar-refractivity contribution in [3.8, 4) is 11.3 Å². The lowest BCUT2D eigenvalue weighted by Gasteiger charge is -2.00. The third-order valence-electron chi connectivity index (χ3n) is 2.60. The number of rotatable bonds is 3. The van der Waals surface area contributed by atoms with Crippen molar-refractivity contribution in [2.24, 2.45) is 0 Å². The summed E-state index contributed by atoms with van der Waals surface area (Å²) in [4.78, 5) is 15.3. The third-order valence-corrected chi connectivity index (χ3v) is 2.60. The lowest BCUT2D eigenvalue weighted by Crippen LogP contribution is -1.95. The monoisotopic (exact) mass is 230 g/mol. The molecule has 2 aromatic rings. The van der Waals surface area contributed by atoms with Crippen molar-refractivity contribution in [3.63, 3.8) is 0 Å². The Bertz CT molecular complexity index is 541. The molecule has 4 nitrogen and oxygen atoms in total. The van der Waals surface area contributed by atoms with E-state index < -0.39 is 0 Å². The van der Waals surface area contributed by atoms with Crippen LogP contribution in [-0.2, 0) is 6.42 Å². The number of aryl methyl sites for hydroxylation is 1. The Morgan fingerprint density at radius 3 is 2.53 bits per heavy atom. The number of benzene rings is 1. The first-order valence-electron chi connectivity index (χ1n) is 5.48. The van der Waals surface area contributed by atoms with Crippen molar-refractivity contribution in [2.75, 3.05) is 5.73 Å². The summed E-state index contributed by atoms with van der Waals surface area (Å²) >= 11 is 0. The molecule has 0 aliphatic carbocycles. The first kappa shape index (κ1) is 11.4. The number of ketones is 1. The minimum absolute atomic E-state index is 0.0183. The van der Waals surface area contributed by atoms with Crippen LogP contribution in [0.5, 0.6) is 0 Å². The van der Waals surface area contributed by atoms with Gasteiger partial charge in [0.15, 0.2) is 17.2 Å². The molecule has 0 aliphatic rings. The van der Waals surface area contributed by atoms with Crippen molar-refractivity contribution in [1.29, 1.82) is 0 Å². The van der Waals surface area contributed by atoms with Crippen LogP contribution < -0.4 is 5.73 Å². The van der Waals surface area contributed by atoms with Crippen LogP contribution in [0.25, 0.3) is 11.3 Å². The fourth-order valence-corrected chi connectivity index (χ4v) is 1.66. The number of aromatic nitrogens is 1. The summed E-state index contributed by atoms with van der Waals surface area (Å²) in [5.41, 5.74) is 7.81. The highest BCUT2D eigenvalue weighted by atomic mass is 16.4. The Kier molecular flexibility index (Phi) is 2.95. The Balaban J connectivity index is 2.48. The van der Waals surface area contributed by atoms with Gasteiger partial charge in [-0.2, -0.15) is 4.98 Å². The Labute approximate surface area is 99.5 Å². The molecule has 2 rings (SSSR count). The smallest absolute Gasteiger partial charge is 0.293 e. The average Bonchev–Trinajstić information content (AvgIpc) is 2.72. The summed E-state index contributed by atoms with van der Waals surface area (Å²) in [6.45, 7) is 3.53. The van der Waals surface area contributed by atoms with Gasteiger partial charge in [0.05, 0.1) is 0 Å². The molecule has 0 spiro atoms. The molecular formula is C13H14N2O2. The molecule has 2 N–H and O–H groups in total. The van der Waals surface area contributed by atoms with Crippen molar-refractivity contribution < 1.29 is 9.21 Å². The van der Waals surface area contributed by atoms with E-state index in [1.165, 1.54) is 12.5 Å². The summed E-state index contributed by atoms with van der Waals surface area (Å²) in [6.07, 6.45) is 0.971. The minimum Gasteiger partial charge on any atom is -0.423 e. The molecule has 0 unspecified atom stereocenters. The molecular weight excluding hydrogens is 216 g/mol. The zero-order valence-corrected chi connectivity index (χ0v) is 9.86. The minimum atomic E-state index is -0.153. The van der Waals surface area contributed by atoms with E-state index in [0.29, 0.717) is 5.76 Å². The fraction of sp³-hybridized carbons (Fsp3) is 0.231. The number of hydrogen-bond donors (Lipinski definition) is 1. The van der Waals surface area contributed by atoms with Gasteiger partial charge in [0.25, 0.3) is 6.01 Å². The number of carbonyl (C=O) groups excluding carboxylic acids is 1. The summed E-state index contributed by atoms with van der Waals surface area (Å²) in [5.74, 6) is 0.290. The topological polar surface area (TPSA) is 69.1 Å². The highest BCUT2D eigenvalue weighted by Gasteiger charge is 2.17. The summed E-state index contributed by atoms with van der Waals surface area (Å²) < 4.78 is 5.28. The SMILES string of the molecule is CCc1ccc(-c2oc(N)nc2C(C)=O)cc1. The lowest BCUT2D eigenvalue weighted by molar-refractivity contribution is 0.101. The molecule has 4 heteroatoms. The van der Waals surface area contributed by atoms with Crippen LogP contribution in [0.2, 0.25) is 0 Å². The maximum atomic E-state index is 11.4. The van der Waals surface area contributed by atoms with E-state index in [1.807, 2.05) is 24.3 Å². The molecule has 0 aliphatic heterocycles. The van der Waals surface area contributed by atoms with E-state index in [1.54, 1.807) is 0 Å². The fourth-order valence-electron chi connectivity index (χ4n) is 1.66. The van der Waals surface area contributed by atoms with Crippen LogP contribution in [0, 0.1) is 0 Å². The third kappa shape index (κ3) is 2.20. The Morgan fingerprint density at radius 2 is 2.00 bits per heavy atom. The zero-order valence-electron chi connectivity index (χ0n) is 9.86. The normalized spacial score (nSPS) is 10.5. The van der Waals surface area contributed by atoms with Crippen molar-refractivity contribution in [3.05, 3.63) is 35.5 Å². The van der Waals surface area contributed by atoms with E-state index in [2.05, 4.69) is 11.9 Å². The van der Waals surface area contributed by atoms with Gasteiger partial charge >= 0.3 is 0 Å². The number of nitrogens with two attached hydrogens (primary N) is 1.